The van der Waals surface area contributed by atoms with Gasteiger partial charge in [0.1, 0.15) is 12.4 Å². The van der Waals surface area contributed by atoms with Crippen LogP contribution in [0.3, 0.4) is 0 Å². The Morgan fingerprint density at radius 2 is 1.80 bits per heavy atom. The Balaban J connectivity index is 1.36. The molecule has 4 aromatic rings. The van der Waals surface area contributed by atoms with E-state index in [0.717, 1.165) is 45.1 Å². The number of benzene rings is 3. The smallest absolute Gasteiger partial charge is 0.293 e. The molecule has 176 valence electrons. The highest BCUT2D eigenvalue weighted by atomic mass is 35.5. The van der Waals surface area contributed by atoms with Gasteiger partial charge in [0.15, 0.2) is 0 Å². The van der Waals surface area contributed by atoms with Gasteiger partial charge in [-0.3, -0.25) is 14.5 Å². The highest BCUT2D eigenvalue weighted by molar-refractivity contribution is 8.18. The van der Waals surface area contributed by atoms with Crippen molar-refractivity contribution in [1.82, 2.24) is 9.47 Å². The van der Waals surface area contributed by atoms with Crippen LogP contribution in [0.1, 0.15) is 16.7 Å². The van der Waals surface area contributed by atoms with Crippen LogP contribution < -0.4 is 4.74 Å². The average molecular weight is 503 g/mol. The second kappa shape index (κ2) is 10.0. The first-order chi connectivity index (χ1) is 17.0. The lowest BCUT2D eigenvalue weighted by molar-refractivity contribution is -0.123. The van der Waals surface area contributed by atoms with Crippen molar-refractivity contribution in [2.75, 3.05) is 13.2 Å². The minimum atomic E-state index is -0.296. The number of thioether (sulfide) groups is 1. The predicted molar refractivity (Wildman–Crippen MR) is 142 cm³/mol. The van der Waals surface area contributed by atoms with Gasteiger partial charge in [-0.25, -0.2) is 0 Å². The maximum Gasteiger partial charge on any atom is 0.293 e. The van der Waals surface area contributed by atoms with Crippen LogP contribution >= 0.6 is 23.4 Å². The zero-order valence-corrected chi connectivity index (χ0v) is 20.7. The van der Waals surface area contributed by atoms with E-state index in [1.807, 2.05) is 85.9 Å². The largest absolute Gasteiger partial charge is 0.492 e. The van der Waals surface area contributed by atoms with Gasteiger partial charge in [-0.15, -0.1) is 0 Å². The van der Waals surface area contributed by atoms with Gasteiger partial charge < -0.3 is 9.30 Å². The summed E-state index contributed by atoms with van der Waals surface area (Å²) in [6.07, 6.45) is 3.81. The van der Waals surface area contributed by atoms with Crippen molar-refractivity contribution >= 4 is 51.5 Å². The lowest BCUT2D eigenvalue weighted by Gasteiger charge is -2.13. The summed E-state index contributed by atoms with van der Waals surface area (Å²) in [5, 5.41) is 1.43. The van der Waals surface area contributed by atoms with Gasteiger partial charge in [0.05, 0.1) is 11.4 Å². The zero-order valence-electron chi connectivity index (χ0n) is 19.1. The lowest BCUT2D eigenvalue weighted by atomic mass is 10.1. The number of ether oxygens (including phenoxy) is 1. The first kappa shape index (κ1) is 23.3. The van der Waals surface area contributed by atoms with E-state index in [-0.39, 0.29) is 24.3 Å². The van der Waals surface area contributed by atoms with Gasteiger partial charge in [0, 0.05) is 34.2 Å². The van der Waals surface area contributed by atoms with E-state index in [2.05, 4.69) is 4.57 Å². The first-order valence-electron chi connectivity index (χ1n) is 11.3. The molecule has 1 aliphatic heterocycles. The molecule has 2 amide bonds. The number of halogens is 1. The fourth-order valence-electron chi connectivity index (χ4n) is 4.13. The van der Waals surface area contributed by atoms with Gasteiger partial charge in [0.2, 0.25) is 0 Å². The number of amides is 2. The summed E-state index contributed by atoms with van der Waals surface area (Å²) in [4.78, 5) is 27.3. The molecular formula is C28H23ClN2O3S. The Morgan fingerprint density at radius 3 is 2.63 bits per heavy atom. The van der Waals surface area contributed by atoms with Crippen LogP contribution in [-0.4, -0.2) is 33.8 Å². The van der Waals surface area contributed by atoms with Crippen LogP contribution in [0.4, 0.5) is 4.79 Å². The number of imide groups is 1. The van der Waals surface area contributed by atoms with E-state index in [1.54, 1.807) is 6.08 Å². The van der Waals surface area contributed by atoms with Crippen LogP contribution in [0.15, 0.2) is 83.9 Å². The molecule has 35 heavy (non-hydrogen) atoms. The van der Waals surface area contributed by atoms with E-state index in [0.29, 0.717) is 16.5 Å². The fraction of sp³-hybridized carbons (Fsp3) is 0.143. The molecule has 7 heteroatoms. The topological polar surface area (TPSA) is 51.5 Å². The Hall–Kier alpha value is -3.48. The Morgan fingerprint density at radius 1 is 1.00 bits per heavy atom. The van der Waals surface area contributed by atoms with Crippen LogP contribution in [0, 0.1) is 6.92 Å². The molecule has 1 saturated heterocycles. The molecule has 1 aromatic heterocycles. The maximum absolute atomic E-state index is 13.0. The molecule has 0 unspecified atom stereocenters. The summed E-state index contributed by atoms with van der Waals surface area (Å²) < 4.78 is 7.85. The zero-order chi connectivity index (χ0) is 24.4. The van der Waals surface area contributed by atoms with Crippen LogP contribution in [0.25, 0.3) is 17.0 Å². The van der Waals surface area contributed by atoms with Gasteiger partial charge in [-0.05, 0) is 60.2 Å². The summed E-state index contributed by atoms with van der Waals surface area (Å²) in [5.41, 5.74) is 4.01. The molecule has 0 radical (unpaired) electrons. The molecule has 0 spiro atoms. The lowest BCUT2D eigenvalue weighted by Crippen LogP contribution is -2.32. The molecule has 0 atom stereocenters. The van der Waals surface area contributed by atoms with Crippen molar-refractivity contribution in [2.45, 2.75) is 13.5 Å². The number of nitrogens with zero attached hydrogens (tertiary/aromatic N) is 2. The maximum atomic E-state index is 13.0. The Kier molecular flexibility index (Phi) is 6.66. The van der Waals surface area contributed by atoms with Gasteiger partial charge in [-0.1, -0.05) is 60.1 Å². The van der Waals surface area contributed by atoms with Crippen molar-refractivity contribution in [1.29, 1.82) is 0 Å². The van der Waals surface area contributed by atoms with Crippen LogP contribution in [0.5, 0.6) is 5.75 Å². The number of fused-ring (bicyclic) bond motifs is 1. The number of carbonyl (C=O) groups is 2. The highest BCUT2D eigenvalue weighted by Crippen LogP contribution is 2.34. The van der Waals surface area contributed by atoms with E-state index in [1.165, 1.54) is 4.90 Å². The van der Waals surface area contributed by atoms with Crippen molar-refractivity contribution < 1.29 is 14.3 Å². The van der Waals surface area contributed by atoms with Crippen LogP contribution in [0.2, 0.25) is 5.02 Å². The number of aromatic nitrogens is 1. The van der Waals surface area contributed by atoms with Gasteiger partial charge >= 0.3 is 0 Å². The second-order valence-corrected chi connectivity index (χ2v) is 9.72. The molecule has 5 rings (SSSR count). The molecule has 0 saturated carbocycles. The third-order valence-corrected chi connectivity index (χ3v) is 7.13. The third kappa shape index (κ3) is 4.99. The number of hydrogen-bond donors (Lipinski definition) is 0. The molecule has 5 nitrogen and oxygen atoms in total. The second-order valence-electron chi connectivity index (χ2n) is 8.32. The molecule has 0 N–H and O–H groups in total. The number of hydrogen-bond acceptors (Lipinski definition) is 4. The number of carbonyl (C=O) groups excluding carboxylic acids is 2. The molecule has 2 heterocycles. The Labute approximate surface area is 212 Å². The average Bonchev–Trinajstić information content (AvgIpc) is 3.32. The van der Waals surface area contributed by atoms with Gasteiger partial charge in [-0.2, -0.15) is 0 Å². The van der Waals surface area contributed by atoms with E-state index in [4.69, 9.17) is 16.3 Å². The number of para-hydroxylation sites is 1. The Bertz CT molecular complexity index is 1460. The number of rotatable bonds is 7. The molecule has 0 aliphatic carbocycles. The normalized spacial score (nSPS) is 14.9. The summed E-state index contributed by atoms with van der Waals surface area (Å²) >= 11 is 7.34. The summed E-state index contributed by atoms with van der Waals surface area (Å²) in [6, 6.07) is 23.4. The summed E-state index contributed by atoms with van der Waals surface area (Å²) in [7, 11) is 0. The monoisotopic (exact) mass is 502 g/mol. The third-order valence-electron chi connectivity index (χ3n) is 5.85. The van der Waals surface area contributed by atoms with Crippen molar-refractivity contribution in [3.05, 3.63) is 106 Å². The van der Waals surface area contributed by atoms with E-state index in [9.17, 15) is 9.59 Å². The quantitative estimate of drug-likeness (QED) is 0.262. The van der Waals surface area contributed by atoms with Crippen molar-refractivity contribution in [3.8, 4) is 5.75 Å². The summed E-state index contributed by atoms with van der Waals surface area (Å²) in [5.74, 6) is 0.426. The molecule has 0 bridgehead atoms. The fourth-order valence-corrected chi connectivity index (χ4v) is 5.18. The SMILES string of the molecule is Cc1cccc(OCCN2C(=O)S/C(=C\c3cn(Cc4ccccc4Cl)c4ccccc34)C2=O)c1. The summed E-state index contributed by atoms with van der Waals surface area (Å²) in [6.45, 7) is 3.03. The minimum absolute atomic E-state index is 0.199. The molecular weight excluding hydrogens is 480 g/mol. The van der Waals surface area contributed by atoms with E-state index >= 15 is 0 Å². The van der Waals surface area contributed by atoms with Crippen LogP contribution in [-0.2, 0) is 11.3 Å². The van der Waals surface area contributed by atoms with Crippen molar-refractivity contribution in [3.63, 3.8) is 0 Å². The van der Waals surface area contributed by atoms with Crippen molar-refractivity contribution in [2.24, 2.45) is 0 Å². The molecule has 3 aromatic carbocycles. The van der Waals surface area contributed by atoms with Gasteiger partial charge in [0.25, 0.3) is 11.1 Å². The standard InChI is InChI=1S/C28H23ClN2O3S/c1-19-7-6-9-22(15-19)34-14-13-31-27(32)26(35-28(31)33)16-21-18-30(25-12-5-3-10-23(21)25)17-20-8-2-4-11-24(20)29/h2-12,15-16,18H,13-14,17H2,1H3/b26-16-. The highest BCUT2D eigenvalue weighted by Gasteiger charge is 2.35. The predicted octanol–water partition coefficient (Wildman–Crippen LogP) is 6.77. The minimum Gasteiger partial charge on any atom is -0.492 e. The molecule has 1 fully saturated rings. The first-order valence-corrected chi connectivity index (χ1v) is 12.4. The van der Waals surface area contributed by atoms with E-state index < -0.39 is 0 Å². The molecule has 1 aliphatic rings. The number of aryl methyl sites for hydroxylation is 1.